The van der Waals surface area contributed by atoms with Gasteiger partial charge in [-0.25, -0.2) is 4.79 Å². The van der Waals surface area contributed by atoms with E-state index < -0.39 is 0 Å². The summed E-state index contributed by atoms with van der Waals surface area (Å²) in [7, 11) is 0. The summed E-state index contributed by atoms with van der Waals surface area (Å²) in [5.74, 6) is 0.162. The highest BCUT2D eigenvalue weighted by Gasteiger charge is 2.28. The molecular weight excluding hydrogens is 366 g/mol. The van der Waals surface area contributed by atoms with Crippen LogP contribution in [0, 0.1) is 0 Å². The third-order valence-corrected chi connectivity index (χ3v) is 4.84. The molecule has 0 aliphatic carbocycles. The summed E-state index contributed by atoms with van der Waals surface area (Å²) in [5.41, 5.74) is 3.44. The lowest BCUT2D eigenvalue weighted by Crippen LogP contribution is -2.23. The molecule has 0 radical (unpaired) electrons. The van der Waals surface area contributed by atoms with Gasteiger partial charge in [0, 0.05) is 17.7 Å². The van der Waals surface area contributed by atoms with Gasteiger partial charge >= 0.3 is 5.97 Å². The first-order chi connectivity index (χ1) is 14.1. The minimum Gasteiger partial charge on any atom is -0.494 e. The van der Waals surface area contributed by atoms with Crippen LogP contribution in [0.2, 0.25) is 0 Å². The van der Waals surface area contributed by atoms with Gasteiger partial charge in [0.2, 0.25) is 0 Å². The van der Waals surface area contributed by atoms with E-state index >= 15 is 0 Å². The average Bonchev–Trinajstić information content (AvgIpc) is 2.75. The molecular formula is C24H21NO4. The van der Waals surface area contributed by atoms with Gasteiger partial charge in [0.05, 0.1) is 12.2 Å². The maximum Gasteiger partial charge on any atom is 0.339 e. The van der Waals surface area contributed by atoms with Crippen molar-refractivity contribution in [3.63, 3.8) is 0 Å². The summed E-state index contributed by atoms with van der Waals surface area (Å²) < 4.78 is 11.0. The van der Waals surface area contributed by atoms with Crippen molar-refractivity contribution in [3.05, 3.63) is 95.1 Å². The first kappa shape index (κ1) is 18.7. The largest absolute Gasteiger partial charge is 0.494 e. The maximum absolute atomic E-state index is 12.7. The molecule has 0 saturated heterocycles. The van der Waals surface area contributed by atoms with Crippen LogP contribution >= 0.6 is 0 Å². The number of benzene rings is 3. The van der Waals surface area contributed by atoms with E-state index in [2.05, 4.69) is 5.32 Å². The van der Waals surface area contributed by atoms with E-state index in [1.807, 2.05) is 49.4 Å². The van der Waals surface area contributed by atoms with Crippen molar-refractivity contribution in [2.45, 2.75) is 19.4 Å². The molecule has 4 rings (SSSR count). The van der Waals surface area contributed by atoms with Crippen LogP contribution in [0.25, 0.3) is 0 Å². The number of nitrogens with one attached hydrogen (secondary N) is 1. The van der Waals surface area contributed by atoms with Crippen molar-refractivity contribution in [2.75, 3.05) is 11.9 Å². The van der Waals surface area contributed by atoms with Crippen LogP contribution in [0.1, 0.15) is 44.9 Å². The number of hydrogen-bond acceptors (Lipinski definition) is 4. The SMILES string of the molecule is CCOc1ccc(NC(=O)c2ccc3c(c2)C[C@@H](c2ccccc2)OC3=O)cc1. The Morgan fingerprint density at radius 2 is 1.83 bits per heavy atom. The van der Waals surface area contributed by atoms with E-state index in [4.69, 9.17) is 9.47 Å². The number of anilines is 1. The number of esters is 1. The fraction of sp³-hybridized carbons (Fsp3) is 0.167. The molecule has 1 heterocycles. The summed E-state index contributed by atoms with van der Waals surface area (Å²) in [6, 6.07) is 21.9. The Bertz CT molecular complexity index is 1030. The highest BCUT2D eigenvalue weighted by atomic mass is 16.5. The highest BCUT2D eigenvalue weighted by molar-refractivity contribution is 6.05. The summed E-state index contributed by atoms with van der Waals surface area (Å²) >= 11 is 0. The first-order valence-corrected chi connectivity index (χ1v) is 9.57. The lowest BCUT2D eigenvalue weighted by atomic mass is 9.93. The Morgan fingerprint density at radius 3 is 2.55 bits per heavy atom. The first-order valence-electron chi connectivity index (χ1n) is 9.57. The van der Waals surface area contributed by atoms with Crippen molar-refractivity contribution >= 4 is 17.6 Å². The van der Waals surface area contributed by atoms with Crippen molar-refractivity contribution < 1.29 is 19.1 Å². The van der Waals surface area contributed by atoms with Gasteiger partial charge in [-0.05, 0) is 60.5 Å². The van der Waals surface area contributed by atoms with Crippen LogP contribution in [0.15, 0.2) is 72.8 Å². The monoisotopic (exact) mass is 387 g/mol. The number of cyclic esters (lactones) is 1. The van der Waals surface area contributed by atoms with E-state index in [0.717, 1.165) is 16.9 Å². The lowest BCUT2D eigenvalue weighted by Gasteiger charge is -2.25. The minimum absolute atomic E-state index is 0.229. The van der Waals surface area contributed by atoms with Gasteiger partial charge in [-0.2, -0.15) is 0 Å². The molecule has 3 aromatic rings. The second-order valence-corrected chi connectivity index (χ2v) is 6.79. The molecule has 0 fully saturated rings. The van der Waals surface area contributed by atoms with E-state index in [0.29, 0.717) is 29.8 Å². The van der Waals surface area contributed by atoms with Crippen LogP contribution in [0.5, 0.6) is 5.75 Å². The third kappa shape index (κ3) is 4.14. The van der Waals surface area contributed by atoms with Gasteiger partial charge in [-0.15, -0.1) is 0 Å². The van der Waals surface area contributed by atoms with Gasteiger partial charge < -0.3 is 14.8 Å². The predicted molar refractivity (Wildman–Crippen MR) is 110 cm³/mol. The molecule has 1 aliphatic rings. The molecule has 0 bridgehead atoms. The number of rotatable bonds is 5. The second kappa shape index (κ2) is 8.19. The molecule has 1 amide bonds. The molecule has 5 heteroatoms. The predicted octanol–water partition coefficient (Wildman–Crippen LogP) is 4.79. The van der Waals surface area contributed by atoms with Crippen molar-refractivity contribution in [1.82, 2.24) is 0 Å². The molecule has 3 aromatic carbocycles. The fourth-order valence-electron chi connectivity index (χ4n) is 3.40. The molecule has 29 heavy (non-hydrogen) atoms. The summed E-state index contributed by atoms with van der Waals surface area (Å²) in [6.45, 7) is 2.51. The Balaban J connectivity index is 1.52. The van der Waals surface area contributed by atoms with Gasteiger partial charge in [0.1, 0.15) is 11.9 Å². The maximum atomic E-state index is 12.7. The Hall–Kier alpha value is -3.60. The van der Waals surface area contributed by atoms with Crippen LogP contribution in [0.4, 0.5) is 5.69 Å². The molecule has 0 unspecified atom stereocenters. The normalized spacial score (nSPS) is 15.2. The third-order valence-electron chi connectivity index (χ3n) is 4.84. The second-order valence-electron chi connectivity index (χ2n) is 6.79. The zero-order chi connectivity index (χ0) is 20.2. The number of fused-ring (bicyclic) bond motifs is 1. The van der Waals surface area contributed by atoms with E-state index in [1.165, 1.54) is 0 Å². The molecule has 0 spiro atoms. The van der Waals surface area contributed by atoms with Gasteiger partial charge in [-0.1, -0.05) is 30.3 Å². The molecule has 0 saturated carbocycles. The number of carbonyl (C=O) groups is 2. The van der Waals surface area contributed by atoms with Crippen molar-refractivity contribution in [1.29, 1.82) is 0 Å². The Labute approximate surface area is 169 Å². The topological polar surface area (TPSA) is 64.6 Å². The number of hydrogen-bond donors (Lipinski definition) is 1. The lowest BCUT2D eigenvalue weighted by molar-refractivity contribution is 0.0252. The smallest absolute Gasteiger partial charge is 0.339 e. The van der Waals surface area contributed by atoms with Crippen molar-refractivity contribution in [3.8, 4) is 5.75 Å². The molecule has 1 N–H and O–H groups in total. The van der Waals surface area contributed by atoms with Gasteiger partial charge in [-0.3, -0.25) is 4.79 Å². The Kier molecular flexibility index (Phi) is 5.29. The fourth-order valence-corrected chi connectivity index (χ4v) is 3.40. The van der Waals surface area contributed by atoms with Crippen LogP contribution < -0.4 is 10.1 Å². The van der Waals surface area contributed by atoms with Crippen LogP contribution in [-0.2, 0) is 11.2 Å². The van der Waals surface area contributed by atoms with Crippen LogP contribution in [0.3, 0.4) is 0 Å². The zero-order valence-corrected chi connectivity index (χ0v) is 16.1. The van der Waals surface area contributed by atoms with E-state index in [9.17, 15) is 9.59 Å². The van der Waals surface area contributed by atoms with Gasteiger partial charge in [0.25, 0.3) is 5.91 Å². The number of amides is 1. The van der Waals surface area contributed by atoms with Gasteiger partial charge in [0.15, 0.2) is 0 Å². The summed E-state index contributed by atoms with van der Waals surface area (Å²) in [4.78, 5) is 25.1. The zero-order valence-electron chi connectivity index (χ0n) is 16.1. The molecule has 1 atom stereocenters. The van der Waals surface area contributed by atoms with Crippen LogP contribution in [-0.4, -0.2) is 18.5 Å². The molecule has 146 valence electrons. The summed E-state index contributed by atoms with van der Waals surface area (Å²) in [5, 5.41) is 2.88. The Morgan fingerprint density at radius 1 is 1.07 bits per heavy atom. The van der Waals surface area contributed by atoms with E-state index in [-0.39, 0.29) is 18.0 Å². The number of carbonyl (C=O) groups excluding carboxylic acids is 2. The van der Waals surface area contributed by atoms with Crippen molar-refractivity contribution in [2.24, 2.45) is 0 Å². The van der Waals surface area contributed by atoms with E-state index in [1.54, 1.807) is 30.3 Å². The molecule has 0 aromatic heterocycles. The quantitative estimate of drug-likeness (QED) is 0.639. The number of ether oxygens (including phenoxy) is 2. The molecule has 5 nitrogen and oxygen atoms in total. The standard InChI is InChI=1S/C24H21NO4/c1-2-28-20-11-9-19(10-12-20)25-23(26)17-8-13-21-18(14-17)15-22(29-24(21)27)16-6-4-3-5-7-16/h3-14,22H,2,15H2,1H3,(H,25,26)/t22-/m0/s1. The summed E-state index contributed by atoms with van der Waals surface area (Å²) in [6.07, 6.45) is 0.190. The minimum atomic E-state index is -0.362. The highest BCUT2D eigenvalue weighted by Crippen LogP contribution is 2.31. The molecule has 1 aliphatic heterocycles. The average molecular weight is 387 g/mol.